The highest BCUT2D eigenvalue weighted by atomic mass is 16.5. The minimum absolute atomic E-state index is 0.0907. The van der Waals surface area contributed by atoms with E-state index < -0.39 is 0 Å². The number of hydrogen-bond donors (Lipinski definition) is 1. The van der Waals surface area contributed by atoms with Gasteiger partial charge in [0.15, 0.2) is 0 Å². The fourth-order valence-electron chi connectivity index (χ4n) is 3.07. The average Bonchev–Trinajstić information content (AvgIpc) is 3.31. The second kappa shape index (κ2) is 5.12. The minimum atomic E-state index is -0.143. The second-order valence-electron chi connectivity index (χ2n) is 6.07. The van der Waals surface area contributed by atoms with Gasteiger partial charge in [-0.15, -0.1) is 0 Å². The summed E-state index contributed by atoms with van der Waals surface area (Å²) in [7, 11) is 0. The molecule has 0 radical (unpaired) electrons. The van der Waals surface area contributed by atoms with E-state index in [0.29, 0.717) is 0 Å². The highest BCUT2D eigenvalue weighted by Crippen LogP contribution is 2.43. The molecule has 1 aromatic carbocycles. The molecule has 1 saturated carbocycles. The molecule has 2 aliphatic rings. The number of benzene rings is 1. The molecule has 3 rings (SSSR count). The molecule has 3 heteroatoms. The molecule has 0 bridgehead atoms. The molecule has 0 spiro atoms. The summed E-state index contributed by atoms with van der Waals surface area (Å²) in [5.74, 6) is 1.40. The quantitative estimate of drug-likeness (QED) is 0.910. The molecule has 20 heavy (non-hydrogen) atoms. The van der Waals surface area contributed by atoms with E-state index >= 15 is 0 Å². The number of amides is 1. The van der Waals surface area contributed by atoms with E-state index in [-0.39, 0.29) is 23.5 Å². The first-order valence-electron chi connectivity index (χ1n) is 7.76. The van der Waals surface area contributed by atoms with Crippen LogP contribution in [0.4, 0.5) is 0 Å². The summed E-state index contributed by atoms with van der Waals surface area (Å²) in [4.78, 5) is 12.1. The molecule has 1 atom stereocenters. The topological polar surface area (TPSA) is 38.3 Å². The Morgan fingerprint density at radius 1 is 1.30 bits per heavy atom. The molecule has 108 valence electrons. The average molecular weight is 273 g/mol. The third-order valence-electron chi connectivity index (χ3n) is 4.75. The largest absolute Gasteiger partial charge is 0.487 e. The van der Waals surface area contributed by atoms with Crippen LogP contribution < -0.4 is 10.1 Å². The smallest absolute Gasteiger partial charge is 0.223 e. The lowest BCUT2D eigenvalue weighted by Crippen LogP contribution is -2.44. The van der Waals surface area contributed by atoms with Gasteiger partial charge in [0, 0.05) is 17.9 Å². The van der Waals surface area contributed by atoms with Crippen molar-refractivity contribution in [2.45, 2.75) is 57.6 Å². The van der Waals surface area contributed by atoms with Crippen LogP contribution in [0.3, 0.4) is 0 Å². The highest BCUT2D eigenvalue weighted by molar-refractivity contribution is 5.81. The lowest BCUT2D eigenvalue weighted by Gasteiger charge is -2.41. The molecule has 1 unspecified atom stereocenters. The Morgan fingerprint density at radius 2 is 2.00 bits per heavy atom. The zero-order valence-corrected chi connectivity index (χ0v) is 12.3. The van der Waals surface area contributed by atoms with Crippen molar-refractivity contribution in [1.29, 1.82) is 0 Å². The maximum atomic E-state index is 12.1. The summed E-state index contributed by atoms with van der Waals surface area (Å²) in [5, 5.41) is 3.24. The number of nitrogens with one attached hydrogen (secondary N) is 1. The standard InChI is InChI=1S/C17H23NO2/c1-3-17(4-2)11-14(18-16(19)12-9-10-12)13-7-5-6-8-15(13)20-17/h5-8,12,14H,3-4,9-11H2,1-2H3,(H,18,19). The van der Waals surface area contributed by atoms with Crippen LogP contribution in [-0.2, 0) is 4.79 Å². The van der Waals surface area contributed by atoms with E-state index in [4.69, 9.17) is 4.74 Å². The van der Waals surface area contributed by atoms with Crippen LogP contribution in [0.1, 0.15) is 57.6 Å². The van der Waals surface area contributed by atoms with Crippen molar-refractivity contribution in [2.75, 3.05) is 0 Å². The first-order valence-corrected chi connectivity index (χ1v) is 7.76. The van der Waals surface area contributed by atoms with Crippen molar-refractivity contribution < 1.29 is 9.53 Å². The Morgan fingerprint density at radius 3 is 2.65 bits per heavy atom. The van der Waals surface area contributed by atoms with Crippen molar-refractivity contribution in [3.8, 4) is 5.75 Å². The number of ether oxygens (including phenoxy) is 1. The third-order valence-corrected chi connectivity index (χ3v) is 4.75. The van der Waals surface area contributed by atoms with Gasteiger partial charge in [0.05, 0.1) is 6.04 Å². The highest BCUT2D eigenvalue weighted by Gasteiger charge is 2.40. The molecule has 1 N–H and O–H groups in total. The van der Waals surface area contributed by atoms with Gasteiger partial charge in [-0.2, -0.15) is 0 Å². The number of para-hydroxylation sites is 1. The van der Waals surface area contributed by atoms with Gasteiger partial charge in [-0.3, -0.25) is 4.79 Å². The van der Waals surface area contributed by atoms with Crippen LogP contribution in [0, 0.1) is 5.92 Å². The van der Waals surface area contributed by atoms with E-state index in [0.717, 1.165) is 43.4 Å². The monoisotopic (exact) mass is 273 g/mol. The summed E-state index contributed by atoms with van der Waals surface area (Å²) >= 11 is 0. The molecule has 1 aliphatic heterocycles. The van der Waals surface area contributed by atoms with E-state index in [2.05, 4.69) is 25.2 Å². The molecule has 1 heterocycles. The molecular weight excluding hydrogens is 250 g/mol. The van der Waals surface area contributed by atoms with Gasteiger partial charge in [-0.25, -0.2) is 0 Å². The van der Waals surface area contributed by atoms with Gasteiger partial charge < -0.3 is 10.1 Å². The SMILES string of the molecule is CCC1(CC)CC(NC(=O)C2CC2)c2ccccc2O1. The van der Waals surface area contributed by atoms with Crippen molar-refractivity contribution in [3.63, 3.8) is 0 Å². The predicted octanol–water partition coefficient (Wildman–Crippen LogP) is 3.60. The predicted molar refractivity (Wildman–Crippen MR) is 78.6 cm³/mol. The lowest BCUT2D eigenvalue weighted by atomic mass is 9.83. The zero-order chi connectivity index (χ0) is 14.2. The van der Waals surface area contributed by atoms with Crippen LogP contribution in [0.5, 0.6) is 5.75 Å². The Kier molecular flexibility index (Phi) is 3.45. The molecule has 1 amide bonds. The van der Waals surface area contributed by atoms with Gasteiger partial charge in [-0.05, 0) is 31.7 Å². The summed E-state index contributed by atoms with van der Waals surface area (Å²) in [5.41, 5.74) is 0.981. The van der Waals surface area contributed by atoms with Crippen LogP contribution in [0.25, 0.3) is 0 Å². The van der Waals surface area contributed by atoms with Crippen LogP contribution >= 0.6 is 0 Å². The van der Waals surface area contributed by atoms with Crippen molar-refractivity contribution in [1.82, 2.24) is 5.32 Å². The van der Waals surface area contributed by atoms with Crippen LogP contribution in [-0.4, -0.2) is 11.5 Å². The molecule has 1 fully saturated rings. The number of carbonyl (C=O) groups excluding carboxylic acids is 1. The first-order chi connectivity index (χ1) is 9.67. The van der Waals surface area contributed by atoms with Gasteiger partial charge in [0.1, 0.15) is 11.4 Å². The molecule has 1 aliphatic carbocycles. The van der Waals surface area contributed by atoms with Crippen molar-refractivity contribution >= 4 is 5.91 Å². The van der Waals surface area contributed by atoms with Crippen LogP contribution in [0.2, 0.25) is 0 Å². The number of carbonyl (C=O) groups is 1. The van der Waals surface area contributed by atoms with Crippen molar-refractivity contribution in [3.05, 3.63) is 29.8 Å². The minimum Gasteiger partial charge on any atom is -0.487 e. The maximum Gasteiger partial charge on any atom is 0.223 e. The maximum absolute atomic E-state index is 12.1. The Balaban J connectivity index is 1.88. The molecule has 0 saturated heterocycles. The molecule has 0 aromatic heterocycles. The fourth-order valence-corrected chi connectivity index (χ4v) is 3.07. The van der Waals surface area contributed by atoms with E-state index in [9.17, 15) is 4.79 Å². The Bertz CT molecular complexity index is 503. The van der Waals surface area contributed by atoms with Gasteiger partial charge in [0.25, 0.3) is 0 Å². The van der Waals surface area contributed by atoms with Gasteiger partial charge >= 0.3 is 0 Å². The summed E-state index contributed by atoms with van der Waals surface area (Å²) in [6.07, 6.45) is 4.89. The third kappa shape index (κ3) is 2.41. The molecule has 3 nitrogen and oxygen atoms in total. The first kappa shape index (κ1) is 13.5. The van der Waals surface area contributed by atoms with E-state index in [1.165, 1.54) is 0 Å². The fraction of sp³-hybridized carbons (Fsp3) is 0.588. The number of rotatable bonds is 4. The van der Waals surface area contributed by atoms with Gasteiger partial charge in [-0.1, -0.05) is 32.0 Å². The lowest BCUT2D eigenvalue weighted by molar-refractivity contribution is -0.123. The summed E-state index contributed by atoms with van der Waals surface area (Å²) < 4.78 is 6.25. The Hall–Kier alpha value is -1.51. The zero-order valence-electron chi connectivity index (χ0n) is 12.3. The van der Waals surface area contributed by atoms with Crippen molar-refractivity contribution in [2.24, 2.45) is 5.92 Å². The summed E-state index contributed by atoms with van der Waals surface area (Å²) in [6, 6.07) is 8.20. The molecule has 1 aromatic rings. The van der Waals surface area contributed by atoms with E-state index in [1.54, 1.807) is 0 Å². The van der Waals surface area contributed by atoms with Gasteiger partial charge in [0.2, 0.25) is 5.91 Å². The Labute approximate surface area is 120 Å². The number of fused-ring (bicyclic) bond motifs is 1. The normalized spacial score (nSPS) is 23.6. The molecular formula is C17H23NO2. The second-order valence-corrected chi connectivity index (χ2v) is 6.07. The van der Waals surface area contributed by atoms with E-state index in [1.807, 2.05) is 18.2 Å². The number of hydrogen-bond acceptors (Lipinski definition) is 2. The summed E-state index contributed by atoms with van der Waals surface area (Å²) in [6.45, 7) is 4.33. The van der Waals surface area contributed by atoms with Crippen LogP contribution in [0.15, 0.2) is 24.3 Å².